The third-order valence-corrected chi connectivity index (χ3v) is 9.65. The lowest BCUT2D eigenvalue weighted by atomic mass is 9.45. The first-order valence-electron chi connectivity index (χ1n) is 11.7. The molecule has 0 spiro atoms. The average Bonchev–Trinajstić information content (AvgIpc) is 3.05. The first-order valence-corrected chi connectivity index (χ1v) is 11.7. The summed E-state index contributed by atoms with van der Waals surface area (Å²) in [6, 6.07) is 9.42. The predicted octanol–water partition coefficient (Wildman–Crippen LogP) is 5.82. The van der Waals surface area contributed by atoms with Crippen molar-refractivity contribution >= 4 is 11.8 Å². The van der Waals surface area contributed by atoms with Crippen LogP contribution in [0.3, 0.4) is 0 Å². The first-order chi connectivity index (χ1) is 13.9. The molecule has 29 heavy (non-hydrogen) atoms. The Kier molecular flexibility index (Phi) is 4.64. The molecule has 4 fully saturated rings. The van der Waals surface area contributed by atoms with Crippen LogP contribution in [-0.4, -0.2) is 17.9 Å². The van der Waals surface area contributed by atoms with E-state index in [-0.39, 0.29) is 17.5 Å². The van der Waals surface area contributed by atoms with Gasteiger partial charge in [-0.3, -0.25) is 4.79 Å². The van der Waals surface area contributed by atoms with E-state index in [9.17, 15) is 9.59 Å². The zero-order valence-corrected chi connectivity index (χ0v) is 17.9. The minimum Gasteiger partial charge on any atom is -0.458 e. The molecule has 1 aromatic rings. The zero-order chi connectivity index (χ0) is 20.2. The van der Waals surface area contributed by atoms with Crippen molar-refractivity contribution in [2.45, 2.75) is 77.7 Å². The van der Waals surface area contributed by atoms with E-state index in [1.54, 1.807) is 0 Å². The topological polar surface area (TPSA) is 43.4 Å². The van der Waals surface area contributed by atoms with Crippen molar-refractivity contribution in [3.05, 3.63) is 35.9 Å². The number of fused-ring (bicyclic) bond motifs is 5. The number of ether oxygens (including phenoxy) is 1. The SMILES string of the molecule is C[C@]12CCC(=O)C[C@@H]1CC[C@H]1[C@H]2CC[C@]2(C)[C@@H](OC(=O)c3ccccc3)CC[C@@H]12. The highest BCUT2D eigenvalue weighted by Crippen LogP contribution is 2.66. The fourth-order valence-electron chi connectivity index (χ4n) is 7.96. The second-order valence-corrected chi connectivity index (χ2v) is 10.8. The summed E-state index contributed by atoms with van der Waals surface area (Å²) in [4.78, 5) is 24.8. The zero-order valence-electron chi connectivity index (χ0n) is 17.9. The highest BCUT2D eigenvalue weighted by atomic mass is 16.5. The van der Waals surface area contributed by atoms with Crippen LogP contribution in [0.5, 0.6) is 0 Å². The van der Waals surface area contributed by atoms with Crippen LogP contribution < -0.4 is 0 Å². The number of hydrogen-bond donors (Lipinski definition) is 0. The summed E-state index contributed by atoms with van der Waals surface area (Å²) in [6.07, 6.45) is 9.79. The number of carbonyl (C=O) groups is 2. The Balaban J connectivity index is 1.34. The quantitative estimate of drug-likeness (QED) is 0.593. The summed E-state index contributed by atoms with van der Waals surface area (Å²) in [7, 11) is 0. The molecule has 0 aliphatic heterocycles. The number of rotatable bonds is 2. The molecule has 0 unspecified atom stereocenters. The van der Waals surface area contributed by atoms with Crippen LogP contribution in [0, 0.1) is 34.5 Å². The number of benzene rings is 1. The molecule has 0 bridgehead atoms. The standard InChI is InChI=1S/C26H34O3/c1-25-14-12-19(27)16-18(25)8-9-20-21-10-11-23(26(21,2)15-13-22(20)25)29-24(28)17-6-4-3-5-7-17/h3-7,18,20-23H,8-16H2,1-2H3/t18-,20+,21-,22+,23-,25-,26-/m0/s1. The maximum absolute atomic E-state index is 12.7. The molecule has 156 valence electrons. The Hall–Kier alpha value is -1.64. The summed E-state index contributed by atoms with van der Waals surface area (Å²) in [6.45, 7) is 4.88. The van der Waals surface area contributed by atoms with E-state index >= 15 is 0 Å². The highest BCUT2D eigenvalue weighted by molar-refractivity contribution is 5.89. The molecule has 5 rings (SSSR count). The summed E-state index contributed by atoms with van der Waals surface area (Å²) >= 11 is 0. The lowest BCUT2D eigenvalue weighted by molar-refractivity contribution is -0.142. The maximum Gasteiger partial charge on any atom is 0.338 e. The Bertz CT molecular complexity index is 801. The number of esters is 1. The monoisotopic (exact) mass is 394 g/mol. The summed E-state index contributed by atoms with van der Waals surface area (Å²) < 4.78 is 6.11. The molecule has 4 saturated carbocycles. The van der Waals surface area contributed by atoms with Crippen LogP contribution in [-0.2, 0) is 9.53 Å². The van der Waals surface area contributed by atoms with Gasteiger partial charge < -0.3 is 4.74 Å². The van der Waals surface area contributed by atoms with Gasteiger partial charge in [-0.25, -0.2) is 4.79 Å². The Morgan fingerprint density at radius 1 is 0.931 bits per heavy atom. The van der Waals surface area contributed by atoms with Crippen LogP contribution >= 0.6 is 0 Å². The van der Waals surface area contributed by atoms with Gasteiger partial charge >= 0.3 is 5.97 Å². The molecule has 7 atom stereocenters. The van der Waals surface area contributed by atoms with E-state index in [2.05, 4.69) is 13.8 Å². The van der Waals surface area contributed by atoms with Crippen molar-refractivity contribution in [1.82, 2.24) is 0 Å². The van der Waals surface area contributed by atoms with E-state index in [1.807, 2.05) is 30.3 Å². The van der Waals surface area contributed by atoms with Crippen molar-refractivity contribution in [3.63, 3.8) is 0 Å². The lowest BCUT2D eigenvalue weighted by Crippen LogP contribution is -2.54. The molecular formula is C26H34O3. The van der Waals surface area contributed by atoms with Crippen molar-refractivity contribution in [1.29, 1.82) is 0 Å². The summed E-state index contributed by atoms with van der Waals surface area (Å²) in [5, 5.41) is 0. The smallest absolute Gasteiger partial charge is 0.338 e. The average molecular weight is 395 g/mol. The van der Waals surface area contributed by atoms with E-state index in [1.165, 1.54) is 25.7 Å². The number of carbonyl (C=O) groups excluding carboxylic acids is 2. The van der Waals surface area contributed by atoms with Gasteiger partial charge in [-0.2, -0.15) is 0 Å². The summed E-state index contributed by atoms with van der Waals surface area (Å²) in [5.74, 6) is 3.06. The molecule has 3 heteroatoms. The second kappa shape index (κ2) is 6.96. The van der Waals surface area contributed by atoms with Crippen LogP contribution in [0.2, 0.25) is 0 Å². The van der Waals surface area contributed by atoms with Gasteiger partial charge in [0.1, 0.15) is 11.9 Å². The van der Waals surface area contributed by atoms with Gasteiger partial charge in [-0.15, -0.1) is 0 Å². The first kappa shape index (κ1) is 19.3. The van der Waals surface area contributed by atoms with Crippen LogP contribution in [0.4, 0.5) is 0 Å². The van der Waals surface area contributed by atoms with Crippen molar-refractivity contribution in [3.8, 4) is 0 Å². The van der Waals surface area contributed by atoms with Crippen LogP contribution in [0.25, 0.3) is 0 Å². The molecule has 1 aromatic carbocycles. The number of Topliss-reactive ketones (excluding diaryl/α,β-unsaturated/α-hetero) is 1. The number of hydrogen-bond acceptors (Lipinski definition) is 3. The van der Waals surface area contributed by atoms with Crippen molar-refractivity contribution < 1.29 is 14.3 Å². The van der Waals surface area contributed by atoms with Gasteiger partial charge in [0.2, 0.25) is 0 Å². The Morgan fingerprint density at radius 3 is 2.48 bits per heavy atom. The Labute approximate surface area is 174 Å². The van der Waals surface area contributed by atoms with Crippen LogP contribution in [0.1, 0.15) is 82.0 Å². The van der Waals surface area contributed by atoms with E-state index in [0.29, 0.717) is 28.6 Å². The lowest BCUT2D eigenvalue weighted by Gasteiger charge is -2.60. The van der Waals surface area contributed by atoms with E-state index < -0.39 is 0 Å². The molecular weight excluding hydrogens is 360 g/mol. The predicted molar refractivity (Wildman–Crippen MR) is 112 cm³/mol. The fraction of sp³-hybridized carbons (Fsp3) is 0.692. The maximum atomic E-state index is 12.7. The number of ketones is 1. The Morgan fingerprint density at radius 2 is 1.69 bits per heavy atom. The van der Waals surface area contributed by atoms with Gasteiger partial charge in [-0.05, 0) is 86.2 Å². The molecule has 0 saturated heterocycles. The minimum absolute atomic E-state index is 0.0413. The molecule has 0 aromatic heterocycles. The minimum atomic E-state index is -0.166. The van der Waals surface area contributed by atoms with Crippen LogP contribution in [0.15, 0.2) is 30.3 Å². The largest absolute Gasteiger partial charge is 0.458 e. The molecule has 0 radical (unpaired) electrons. The van der Waals surface area contributed by atoms with Gasteiger partial charge in [0, 0.05) is 18.3 Å². The van der Waals surface area contributed by atoms with E-state index in [4.69, 9.17) is 4.74 Å². The molecule has 4 aliphatic rings. The van der Waals surface area contributed by atoms with Gasteiger partial charge in [0.05, 0.1) is 5.56 Å². The highest BCUT2D eigenvalue weighted by Gasteiger charge is 2.61. The normalized spacial score (nSPS) is 43.8. The van der Waals surface area contributed by atoms with E-state index in [0.717, 1.165) is 43.9 Å². The van der Waals surface area contributed by atoms with Gasteiger partial charge in [-0.1, -0.05) is 32.0 Å². The molecule has 0 amide bonds. The molecule has 0 heterocycles. The molecule has 0 N–H and O–H groups in total. The third kappa shape index (κ3) is 2.99. The summed E-state index contributed by atoms with van der Waals surface area (Å²) in [5.41, 5.74) is 1.11. The van der Waals surface area contributed by atoms with Crippen molar-refractivity contribution in [2.75, 3.05) is 0 Å². The fourth-order valence-corrected chi connectivity index (χ4v) is 7.96. The van der Waals surface area contributed by atoms with Gasteiger partial charge in [0.25, 0.3) is 0 Å². The third-order valence-electron chi connectivity index (χ3n) is 9.65. The molecule has 3 nitrogen and oxygen atoms in total. The molecule has 4 aliphatic carbocycles. The van der Waals surface area contributed by atoms with Crippen molar-refractivity contribution in [2.24, 2.45) is 34.5 Å². The van der Waals surface area contributed by atoms with Gasteiger partial charge in [0.15, 0.2) is 0 Å². The second-order valence-electron chi connectivity index (χ2n) is 10.8.